The standard InChI is InChI=1S/C25H37N5O3S/c1-28(17-9-5-4-7-16-27-25(34-3)21-30(31)32)18-19-29(24-10-6-8-15-26-24)20-22-11-13-23(33-2)14-12-22/h6,8,10-15,21,27H,4-5,7,9,16-20H2,1-3H3. The molecule has 1 N–H and O–H groups in total. The second-order valence-corrected chi connectivity index (χ2v) is 8.93. The Hall–Kier alpha value is -2.78. The van der Waals surface area contributed by atoms with Crippen LogP contribution in [0.15, 0.2) is 59.9 Å². The molecule has 0 amide bonds. The van der Waals surface area contributed by atoms with Crippen LogP contribution in [0.4, 0.5) is 5.82 Å². The van der Waals surface area contributed by atoms with Crippen LogP contribution in [0.5, 0.6) is 5.75 Å². The summed E-state index contributed by atoms with van der Waals surface area (Å²) in [7, 11) is 3.85. The maximum absolute atomic E-state index is 10.6. The van der Waals surface area contributed by atoms with E-state index in [0.717, 1.165) is 76.2 Å². The van der Waals surface area contributed by atoms with E-state index in [1.165, 1.54) is 17.3 Å². The number of nitro groups is 1. The van der Waals surface area contributed by atoms with Gasteiger partial charge in [0, 0.05) is 32.4 Å². The summed E-state index contributed by atoms with van der Waals surface area (Å²) < 4.78 is 5.27. The molecule has 0 bridgehead atoms. The van der Waals surface area contributed by atoms with Crippen LogP contribution in [-0.4, -0.2) is 61.4 Å². The number of aromatic nitrogens is 1. The largest absolute Gasteiger partial charge is 0.497 e. The van der Waals surface area contributed by atoms with Crippen molar-refractivity contribution >= 4 is 17.6 Å². The Bertz CT molecular complexity index is 865. The first-order valence-electron chi connectivity index (χ1n) is 11.6. The topological polar surface area (TPSA) is 83.8 Å². The van der Waals surface area contributed by atoms with Gasteiger partial charge in [-0.05, 0) is 62.5 Å². The van der Waals surface area contributed by atoms with Gasteiger partial charge in [0.15, 0.2) is 0 Å². The number of likely N-dealkylation sites (N-methyl/N-ethyl adjacent to an activating group) is 1. The van der Waals surface area contributed by atoms with E-state index < -0.39 is 4.92 Å². The summed E-state index contributed by atoms with van der Waals surface area (Å²) in [6.45, 7) is 4.45. The average Bonchev–Trinajstić information content (AvgIpc) is 2.85. The van der Waals surface area contributed by atoms with Gasteiger partial charge in [-0.1, -0.05) is 31.0 Å². The molecule has 9 heteroatoms. The third kappa shape index (κ3) is 10.9. The molecule has 0 saturated carbocycles. The molecule has 1 aromatic heterocycles. The van der Waals surface area contributed by atoms with Crippen LogP contribution in [0, 0.1) is 10.1 Å². The second-order valence-electron chi connectivity index (χ2n) is 8.08. The van der Waals surface area contributed by atoms with Gasteiger partial charge in [0.05, 0.1) is 12.0 Å². The summed E-state index contributed by atoms with van der Waals surface area (Å²) in [5.41, 5.74) is 1.22. The van der Waals surface area contributed by atoms with Gasteiger partial charge in [0.2, 0.25) is 0 Å². The summed E-state index contributed by atoms with van der Waals surface area (Å²) >= 11 is 1.37. The van der Waals surface area contributed by atoms with E-state index in [-0.39, 0.29) is 0 Å². The molecule has 0 aliphatic rings. The number of hydrogen-bond acceptors (Lipinski definition) is 8. The molecule has 8 nitrogen and oxygen atoms in total. The molecule has 1 heterocycles. The summed E-state index contributed by atoms with van der Waals surface area (Å²) in [6.07, 6.45) is 9.11. The van der Waals surface area contributed by atoms with E-state index in [1.807, 2.05) is 36.7 Å². The normalized spacial score (nSPS) is 11.5. The van der Waals surface area contributed by atoms with E-state index in [9.17, 15) is 10.1 Å². The lowest BCUT2D eigenvalue weighted by Gasteiger charge is -2.27. The number of methoxy groups -OCH3 is 1. The molecule has 2 rings (SSSR count). The quantitative estimate of drug-likeness (QED) is 0.197. The van der Waals surface area contributed by atoms with Crippen molar-refractivity contribution in [2.75, 3.05) is 51.5 Å². The van der Waals surface area contributed by atoms with Crippen molar-refractivity contribution in [2.24, 2.45) is 0 Å². The molecule has 1 aromatic carbocycles. The molecule has 186 valence electrons. The van der Waals surface area contributed by atoms with Crippen molar-refractivity contribution in [3.63, 3.8) is 0 Å². The van der Waals surface area contributed by atoms with Crippen LogP contribution in [0.3, 0.4) is 0 Å². The van der Waals surface area contributed by atoms with Crippen molar-refractivity contribution in [3.05, 3.63) is 75.6 Å². The highest BCUT2D eigenvalue weighted by Crippen LogP contribution is 2.17. The fourth-order valence-corrected chi connectivity index (χ4v) is 3.95. The molecule has 0 spiro atoms. The number of pyridine rings is 1. The number of hydrogen-bond donors (Lipinski definition) is 1. The van der Waals surface area contributed by atoms with Crippen LogP contribution in [-0.2, 0) is 6.54 Å². The zero-order valence-electron chi connectivity index (χ0n) is 20.5. The van der Waals surface area contributed by atoms with Gasteiger partial charge in [-0.25, -0.2) is 4.98 Å². The first kappa shape index (κ1) is 27.5. The Kier molecular flexibility index (Phi) is 12.9. The highest BCUT2D eigenvalue weighted by atomic mass is 32.2. The van der Waals surface area contributed by atoms with Gasteiger partial charge < -0.3 is 19.9 Å². The third-order valence-electron chi connectivity index (χ3n) is 5.47. The van der Waals surface area contributed by atoms with E-state index in [0.29, 0.717) is 5.03 Å². The van der Waals surface area contributed by atoms with Crippen molar-refractivity contribution in [1.29, 1.82) is 0 Å². The van der Waals surface area contributed by atoms with Gasteiger partial charge >= 0.3 is 0 Å². The molecular formula is C25H37N5O3S. The second kappa shape index (κ2) is 16.0. The molecule has 0 fully saturated rings. The lowest BCUT2D eigenvalue weighted by atomic mass is 10.2. The zero-order valence-corrected chi connectivity index (χ0v) is 21.3. The zero-order chi connectivity index (χ0) is 24.6. The van der Waals surface area contributed by atoms with Gasteiger partial charge in [0.25, 0.3) is 6.20 Å². The Morgan fingerprint density at radius 2 is 1.88 bits per heavy atom. The highest BCUT2D eigenvalue weighted by molar-refractivity contribution is 8.02. The molecular weight excluding hydrogens is 450 g/mol. The van der Waals surface area contributed by atoms with Crippen LogP contribution < -0.4 is 15.0 Å². The first-order chi connectivity index (χ1) is 16.5. The van der Waals surface area contributed by atoms with E-state index >= 15 is 0 Å². The number of nitrogens with zero attached hydrogens (tertiary/aromatic N) is 4. The minimum absolute atomic E-state index is 0.416. The number of benzene rings is 1. The van der Waals surface area contributed by atoms with Crippen LogP contribution in [0.1, 0.15) is 31.2 Å². The first-order valence-corrected chi connectivity index (χ1v) is 12.8. The number of nitrogens with one attached hydrogen (secondary N) is 1. The van der Waals surface area contributed by atoms with Gasteiger partial charge in [-0.3, -0.25) is 10.1 Å². The van der Waals surface area contributed by atoms with Crippen LogP contribution in [0.25, 0.3) is 0 Å². The number of ether oxygens (including phenoxy) is 1. The van der Waals surface area contributed by atoms with Crippen molar-refractivity contribution in [2.45, 2.75) is 32.2 Å². The number of unbranched alkanes of at least 4 members (excludes halogenated alkanes) is 3. The molecule has 0 saturated heterocycles. The minimum atomic E-state index is -0.416. The molecule has 0 aliphatic carbocycles. The Morgan fingerprint density at radius 3 is 2.53 bits per heavy atom. The number of rotatable bonds is 17. The smallest absolute Gasteiger partial charge is 0.263 e. The molecule has 2 aromatic rings. The summed E-state index contributed by atoms with van der Waals surface area (Å²) in [5.74, 6) is 1.84. The predicted molar refractivity (Wildman–Crippen MR) is 141 cm³/mol. The highest BCUT2D eigenvalue weighted by Gasteiger charge is 2.10. The fourth-order valence-electron chi connectivity index (χ4n) is 3.51. The lowest BCUT2D eigenvalue weighted by molar-refractivity contribution is -0.403. The monoisotopic (exact) mass is 487 g/mol. The Balaban J connectivity index is 1.71. The summed E-state index contributed by atoms with van der Waals surface area (Å²) in [4.78, 5) is 19.4. The molecule has 0 atom stereocenters. The average molecular weight is 488 g/mol. The van der Waals surface area contributed by atoms with E-state index in [2.05, 4.69) is 45.3 Å². The van der Waals surface area contributed by atoms with Gasteiger partial charge in [0.1, 0.15) is 16.6 Å². The van der Waals surface area contributed by atoms with E-state index in [4.69, 9.17) is 4.74 Å². The van der Waals surface area contributed by atoms with E-state index in [1.54, 1.807) is 7.11 Å². The third-order valence-corrected chi connectivity index (χ3v) is 6.16. The fraction of sp³-hybridized carbons (Fsp3) is 0.480. The van der Waals surface area contributed by atoms with Crippen molar-refractivity contribution in [1.82, 2.24) is 15.2 Å². The minimum Gasteiger partial charge on any atom is -0.497 e. The SMILES string of the molecule is COc1ccc(CN(CCN(C)CCCCCCNC(=C[N+](=O)[O-])SC)c2ccccn2)cc1. The van der Waals surface area contributed by atoms with Crippen molar-refractivity contribution in [3.8, 4) is 5.75 Å². The van der Waals surface area contributed by atoms with Crippen molar-refractivity contribution < 1.29 is 9.66 Å². The maximum Gasteiger partial charge on any atom is 0.263 e. The molecule has 34 heavy (non-hydrogen) atoms. The Labute approximate surface area is 207 Å². The molecule has 0 radical (unpaired) electrons. The predicted octanol–water partition coefficient (Wildman–Crippen LogP) is 4.62. The van der Waals surface area contributed by atoms with Crippen LogP contribution >= 0.6 is 11.8 Å². The van der Waals surface area contributed by atoms with Gasteiger partial charge in [-0.15, -0.1) is 11.8 Å². The summed E-state index contributed by atoms with van der Waals surface area (Å²) in [6, 6.07) is 14.2. The summed E-state index contributed by atoms with van der Waals surface area (Å²) in [5, 5.41) is 14.3. The maximum atomic E-state index is 10.6. The van der Waals surface area contributed by atoms with Crippen LogP contribution in [0.2, 0.25) is 0 Å². The molecule has 0 aliphatic heterocycles. The van der Waals surface area contributed by atoms with Gasteiger partial charge in [-0.2, -0.15) is 0 Å². The number of anilines is 1. The Morgan fingerprint density at radius 1 is 1.12 bits per heavy atom. The lowest BCUT2D eigenvalue weighted by Crippen LogP contribution is -2.34. The number of thioether (sulfide) groups is 1. The molecule has 0 unspecified atom stereocenters.